The number of hydrogen-bond acceptors (Lipinski definition) is 4. The number of nitrogens with one attached hydrogen (secondary N) is 2. The Balaban J connectivity index is 1.43. The molecule has 4 atom stereocenters. The molecule has 3 heterocycles. The minimum absolute atomic E-state index is 0.0149. The number of piperidine rings is 1. The Hall–Kier alpha value is -2.50. The zero-order chi connectivity index (χ0) is 23.4. The van der Waals surface area contributed by atoms with E-state index in [0.29, 0.717) is 6.04 Å². The maximum absolute atomic E-state index is 7.08. The molecule has 5 heteroatoms. The molecule has 1 saturated carbocycles. The lowest BCUT2D eigenvalue weighted by atomic mass is 9.47. The molecule has 2 N–H and O–H groups in total. The SMILES string of the molecule is CCCN[C@@]12Cc3c([nH]c4ccccc34)[C@@H]3Oc4c(OC)ccc5c4[C@]31CCN(CC1CC1)[C@@H]2C5. The summed E-state index contributed by atoms with van der Waals surface area (Å²) >= 11 is 0. The van der Waals surface area contributed by atoms with Crippen LogP contribution in [0.15, 0.2) is 36.4 Å². The number of aromatic amines is 1. The standard InChI is InChI=1S/C30H35N3O2/c1-3-13-31-30-16-21-20-6-4-5-7-22(20)32-26(21)28-29(30)12-14-33(17-18-8-9-18)24(30)15-19-10-11-23(34-2)27(35-28)25(19)29/h4-7,10-11,18,24,28,31-32H,3,8-9,12-17H2,1-2H3/t24-,28+,29-,30-/m1/s1. The van der Waals surface area contributed by atoms with E-state index in [4.69, 9.17) is 9.47 Å². The Morgan fingerprint density at radius 3 is 2.91 bits per heavy atom. The highest BCUT2D eigenvalue weighted by Gasteiger charge is 2.72. The summed E-state index contributed by atoms with van der Waals surface area (Å²) in [6, 6.07) is 13.8. The molecule has 2 fully saturated rings. The zero-order valence-corrected chi connectivity index (χ0v) is 20.8. The van der Waals surface area contributed by atoms with Gasteiger partial charge in [0.15, 0.2) is 17.6 Å². The lowest BCUT2D eigenvalue weighted by Gasteiger charge is -2.65. The van der Waals surface area contributed by atoms with Crippen LogP contribution in [0.2, 0.25) is 0 Å². The van der Waals surface area contributed by atoms with Crippen molar-refractivity contribution in [2.45, 2.75) is 68.5 Å². The summed E-state index contributed by atoms with van der Waals surface area (Å²) < 4.78 is 13.0. The molecule has 1 aromatic heterocycles. The van der Waals surface area contributed by atoms with Crippen LogP contribution in [-0.2, 0) is 18.3 Å². The number of methoxy groups -OCH3 is 1. The average molecular weight is 470 g/mol. The Bertz CT molecular complexity index is 1340. The fraction of sp³-hybridized carbons (Fsp3) is 0.533. The van der Waals surface area contributed by atoms with Gasteiger partial charge in [-0.15, -0.1) is 0 Å². The van der Waals surface area contributed by atoms with Gasteiger partial charge in [-0.05, 0) is 80.8 Å². The van der Waals surface area contributed by atoms with Gasteiger partial charge in [0.25, 0.3) is 0 Å². The van der Waals surface area contributed by atoms with Crippen molar-refractivity contribution in [2.75, 3.05) is 26.7 Å². The maximum atomic E-state index is 7.08. The summed E-state index contributed by atoms with van der Waals surface area (Å²) in [4.78, 5) is 6.71. The summed E-state index contributed by atoms with van der Waals surface area (Å²) in [5.74, 6) is 2.77. The van der Waals surface area contributed by atoms with E-state index in [1.807, 2.05) is 0 Å². The van der Waals surface area contributed by atoms with Crippen molar-refractivity contribution in [3.8, 4) is 11.5 Å². The summed E-state index contributed by atoms with van der Waals surface area (Å²) in [5.41, 5.74) is 6.76. The molecule has 1 spiro atoms. The first-order chi connectivity index (χ1) is 17.2. The highest BCUT2D eigenvalue weighted by atomic mass is 16.5. The van der Waals surface area contributed by atoms with E-state index in [2.05, 4.69) is 58.5 Å². The van der Waals surface area contributed by atoms with Gasteiger partial charge in [-0.1, -0.05) is 31.2 Å². The van der Waals surface area contributed by atoms with Crippen molar-refractivity contribution in [1.82, 2.24) is 15.2 Å². The van der Waals surface area contributed by atoms with Crippen LogP contribution in [0.5, 0.6) is 11.5 Å². The predicted molar refractivity (Wildman–Crippen MR) is 137 cm³/mol. The zero-order valence-electron chi connectivity index (χ0n) is 20.8. The van der Waals surface area contributed by atoms with Crippen LogP contribution < -0.4 is 14.8 Å². The molecule has 35 heavy (non-hydrogen) atoms. The smallest absolute Gasteiger partial charge is 0.166 e. The number of rotatable bonds is 6. The van der Waals surface area contributed by atoms with E-state index in [-0.39, 0.29) is 17.1 Å². The second kappa shape index (κ2) is 7.04. The first-order valence-corrected chi connectivity index (χ1v) is 13.7. The van der Waals surface area contributed by atoms with E-state index < -0.39 is 0 Å². The molecule has 2 aliphatic heterocycles. The minimum atomic E-state index is -0.0851. The molecular formula is C30H35N3O2. The summed E-state index contributed by atoms with van der Waals surface area (Å²) in [7, 11) is 1.78. The number of benzene rings is 2. The largest absolute Gasteiger partial charge is 0.493 e. The van der Waals surface area contributed by atoms with E-state index in [1.54, 1.807) is 7.11 Å². The van der Waals surface area contributed by atoms with E-state index in [1.165, 1.54) is 52.7 Å². The Kier molecular flexibility index (Phi) is 4.16. The summed E-state index contributed by atoms with van der Waals surface area (Å²) in [6.07, 6.45) is 7.19. The number of likely N-dealkylation sites (tertiary alicyclic amines) is 1. The topological polar surface area (TPSA) is 49.5 Å². The predicted octanol–water partition coefficient (Wildman–Crippen LogP) is 4.88. The first-order valence-electron chi connectivity index (χ1n) is 13.7. The van der Waals surface area contributed by atoms with Gasteiger partial charge in [0, 0.05) is 29.1 Å². The molecular weight excluding hydrogens is 434 g/mol. The number of aromatic nitrogens is 1. The van der Waals surface area contributed by atoms with Crippen molar-refractivity contribution in [3.05, 3.63) is 58.8 Å². The number of hydrogen-bond donors (Lipinski definition) is 2. The second-order valence-corrected chi connectivity index (χ2v) is 11.6. The van der Waals surface area contributed by atoms with Crippen LogP contribution in [0.1, 0.15) is 61.1 Å². The van der Waals surface area contributed by atoms with Gasteiger partial charge >= 0.3 is 0 Å². The van der Waals surface area contributed by atoms with E-state index in [9.17, 15) is 0 Å². The van der Waals surface area contributed by atoms with E-state index in [0.717, 1.165) is 56.2 Å². The molecule has 3 aromatic rings. The number of fused-ring (bicyclic) bond motifs is 4. The normalized spacial score (nSPS) is 32.3. The van der Waals surface area contributed by atoms with Gasteiger partial charge in [0.05, 0.1) is 23.8 Å². The van der Waals surface area contributed by atoms with Crippen LogP contribution >= 0.6 is 0 Å². The molecule has 2 aromatic carbocycles. The Morgan fingerprint density at radius 2 is 2.09 bits per heavy atom. The third-order valence-corrected chi connectivity index (χ3v) is 10.0. The van der Waals surface area contributed by atoms with Crippen molar-refractivity contribution in [1.29, 1.82) is 0 Å². The lowest BCUT2D eigenvalue weighted by Crippen LogP contribution is -2.79. The molecule has 5 aliphatic rings. The number of para-hydroxylation sites is 1. The third-order valence-electron chi connectivity index (χ3n) is 10.0. The summed E-state index contributed by atoms with van der Waals surface area (Å²) in [5, 5.41) is 5.62. The quantitative estimate of drug-likeness (QED) is 0.540. The fourth-order valence-electron chi connectivity index (χ4n) is 8.45. The molecule has 182 valence electrons. The molecule has 8 rings (SSSR count). The molecule has 0 radical (unpaired) electrons. The van der Waals surface area contributed by atoms with Crippen molar-refractivity contribution >= 4 is 10.9 Å². The molecule has 0 amide bonds. The van der Waals surface area contributed by atoms with Crippen molar-refractivity contribution in [2.24, 2.45) is 5.92 Å². The van der Waals surface area contributed by atoms with E-state index >= 15 is 0 Å². The van der Waals surface area contributed by atoms with Crippen molar-refractivity contribution in [3.63, 3.8) is 0 Å². The van der Waals surface area contributed by atoms with Gasteiger partial charge in [0.1, 0.15) is 0 Å². The molecule has 5 nitrogen and oxygen atoms in total. The number of ether oxygens (including phenoxy) is 2. The molecule has 0 unspecified atom stereocenters. The Morgan fingerprint density at radius 1 is 1.20 bits per heavy atom. The average Bonchev–Trinajstić information content (AvgIpc) is 3.52. The lowest BCUT2D eigenvalue weighted by molar-refractivity contribution is -0.0749. The van der Waals surface area contributed by atoms with Gasteiger partial charge in [-0.25, -0.2) is 0 Å². The van der Waals surface area contributed by atoms with Crippen LogP contribution in [0.3, 0.4) is 0 Å². The van der Waals surface area contributed by atoms with Crippen LogP contribution in [0.4, 0.5) is 0 Å². The van der Waals surface area contributed by atoms with Gasteiger partial charge in [0.2, 0.25) is 0 Å². The molecule has 3 aliphatic carbocycles. The first kappa shape index (κ1) is 20.7. The number of H-pyrrole nitrogens is 1. The Labute approximate surface area is 207 Å². The van der Waals surface area contributed by atoms with Crippen LogP contribution in [0, 0.1) is 5.92 Å². The highest BCUT2D eigenvalue weighted by molar-refractivity contribution is 5.86. The second-order valence-electron chi connectivity index (χ2n) is 11.6. The summed E-state index contributed by atoms with van der Waals surface area (Å²) in [6.45, 7) is 5.74. The van der Waals surface area contributed by atoms with Gasteiger partial charge < -0.3 is 19.8 Å². The maximum Gasteiger partial charge on any atom is 0.166 e. The third kappa shape index (κ3) is 2.46. The van der Waals surface area contributed by atoms with Crippen LogP contribution in [-0.4, -0.2) is 48.2 Å². The van der Waals surface area contributed by atoms with Gasteiger partial charge in [-0.2, -0.15) is 0 Å². The van der Waals surface area contributed by atoms with Crippen molar-refractivity contribution < 1.29 is 9.47 Å². The highest BCUT2D eigenvalue weighted by Crippen LogP contribution is 2.69. The molecule has 2 bridgehead atoms. The monoisotopic (exact) mass is 469 g/mol. The minimum Gasteiger partial charge on any atom is -0.493 e. The molecule has 1 saturated heterocycles. The van der Waals surface area contributed by atoms with Gasteiger partial charge in [-0.3, -0.25) is 4.90 Å². The fourth-order valence-corrected chi connectivity index (χ4v) is 8.45. The number of nitrogens with zero attached hydrogens (tertiary/aromatic N) is 1. The van der Waals surface area contributed by atoms with Crippen LogP contribution in [0.25, 0.3) is 10.9 Å².